The smallest absolute Gasteiger partial charge is 0.158 e. The van der Waals surface area contributed by atoms with E-state index in [0.717, 1.165) is 0 Å². The quantitative estimate of drug-likeness (QED) is 0.569. The molecule has 0 aliphatic heterocycles. The van der Waals surface area contributed by atoms with Gasteiger partial charge in [-0.2, -0.15) is 0 Å². The van der Waals surface area contributed by atoms with Crippen LogP contribution in [0.3, 0.4) is 0 Å². The SMILES string of the molecule is C=CC(=O)C(C(C)C)C(C)C. The number of hydrogen-bond donors (Lipinski definition) is 0. The Morgan fingerprint density at radius 1 is 1.18 bits per heavy atom. The minimum Gasteiger partial charge on any atom is -0.295 e. The lowest BCUT2D eigenvalue weighted by Gasteiger charge is -2.21. The number of allylic oxidation sites excluding steroid dienone is 1. The standard InChI is InChI=1S/C10H18O/c1-6-9(11)10(7(2)3)8(4)5/h6-8,10H,1H2,2-5H3. The molecule has 0 aromatic heterocycles. The van der Waals surface area contributed by atoms with Crippen molar-refractivity contribution in [1.29, 1.82) is 0 Å². The summed E-state index contributed by atoms with van der Waals surface area (Å²) in [6.45, 7) is 11.8. The molecule has 0 N–H and O–H groups in total. The zero-order valence-corrected chi connectivity index (χ0v) is 7.92. The van der Waals surface area contributed by atoms with Crippen molar-refractivity contribution < 1.29 is 4.79 Å². The van der Waals surface area contributed by atoms with Crippen molar-refractivity contribution >= 4 is 5.78 Å². The van der Waals surface area contributed by atoms with Crippen LogP contribution in [0.1, 0.15) is 27.7 Å². The highest BCUT2D eigenvalue weighted by atomic mass is 16.1. The van der Waals surface area contributed by atoms with Gasteiger partial charge in [0, 0.05) is 5.92 Å². The maximum absolute atomic E-state index is 11.3. The monoisotopic (exact) mass is 154 g/mol. The molecule has 1 heteroatoms. The van der Waals surface area contributed by atoms with Gasteiger partial charge in [0.05, 0.1) is 0 Å². The molecule has 0 spiro atoms. The first-order valence-corrected chi connectivity index (χ1v) is 4.17. The topological polar surface area (TPSA) is 17.1 Å². The molecule has 0 aromatic rings. The molecule has 0 heterocycles. The molecule has 1 nitrogen and oxygen atoms in total. The Labute approximate surface area is 69.5 Å². The van der Waals surface area contributed by atoms with Gasteiger partial charge in [-0.3, -0.25) is 4.79 Å². The molecule has 0 amide bonds. The molecule has 64 valence electrons. The third-order valence-electron chi connectivity index (χ3n) is 1.97. The minimum absolute atomic E-state index is 0.146. The van der Waals surface area contributed by atoms with Gasteiger partial charge in [0.25, 0.3) is 0 Å². The highest BCUT2D eigenvalue weighted by Crippen LogP contribution is 2.21. The van der Waals surface area contributed by atoms with Gasteiger partial charge in [-0.05, 0) is 17.9 Å². The second-order valence-corrected chi connectivity index (χ2v) is 3.62. The van der Waals surface area contributed by atoms with Crippen LogP contribution < -0.4 is 0 Å². The van der Waals surface area contributed by atoms with Crippen LogP contribution in [0.2, 0.25) is 0 Å². The first-order chi connectivity index (χ1) is 5.00. The Bertz CT molecular complexity index is 137. The number of rotatable bonds is 4. The highest BCUT2D eigenvalue weighted by molar-refractivity contribution is 5.91. The van der Waals surface area contributed by atoms with Crippen molar-refractivity contribution in [1.82, 2.24) is 0 Å². The van der Waals surface area contributed by atoms with E-state index in [1.165, 1.54) is 6.08 Å². The van der Waals surface area contributed by atoms with E-state index in [2.05, 4.69) is 34.3 Å². The Hall–Kier alpha value is -0.590. The molecule has 0 bridgehead atoms. The Balaban J connectivity index is 4.33. The van der Waals surface area contributed by atoms with Crippen LogP contribution in [-0.2, 0) is 4.79 Å². The van der Waals surface area contributed by atoms with E-state index in [9.17, 15) is 4.79 Å². The average molecular weight is 154 g/mol. The molecule has 0 aliphatic carbocycles. The van der Waals surface area contributed by atoms with Crippen LogP contribution in [-0.4, -0.2) is 5.78 Å². The fraction of sp³-hybridized carbons (Fsp3) is 0.700. The van der Waals surface area contributed by atoms with Gasteiger partial charge in [-0.15, -0.1) is 0 Å². The summed E-state index contributed by atoms with van der Waals surface area (Å²) in [5.41, 5.74) is 0. The molecule has 0 unspecified atom stereocenters. The second-order valence-electron chi connectivity index (χ2n) is 3.62. The lowest BCUT2D eigenvalue weighted by atomic mass is 9.82. The van der Waals surface area contributed by atoms with Crippen LogP contribution in [0.4, 0.5) is 0 Å². The van der Waals surface area contributed by atoms with Gasteiger partial charge in [0.2, 0.25) is 0 Å². The van der Waals surface area contributed by atoms with Crippen LogP contribution in [0, 0.1) is 17.8 Å². The van der Waals surface area contributed by atoms with Gasteiger partial charge >= 0.3 is 0 Å². The van der Waals surface area contributed by atoms with E-state index < -0.39 is 0 Å². The summed E-state index contributed by atoms with van der Waals surface area (Å²) < 4.78 is 0. The number of ketones is 1. The third-order valence-corrected chi connectivity index (χ3v) is 1.97. The summed E-state index contributed by atoms with van der Waals surface area (Å²) in [4.78, 5) is 11.3. The Morgan fingerprint density at radius 3 is 1.64 bits per heavy atom. The highest BCUT2D eigenvalue weighted by Gasteiger charge is 2.22. The fourth-order valence-corrected chi connectivity index (χ4v) is 1.56. The number of hydrogen-bond acceptors (Lipinski definition) is 1. The molecule has 0 atom stereocenters. The summed E-state index contributed by atoms with van der Waals surface area (Å²) in [5.74, 6) is 1.16. The zero-order valence-electron chi connectivity index (χ0n) is 7.92. The number of carbonyl (C=O) groups excluding carboxylic acids is 1. The predicted molar refractivity (Wildman–Crippen MR) is 48.4 cm³/mol. The number of carbonyl (C=O) groups is 1. The predicted octanol–water partition coefficient (Wildman–Crippen LogP) is 2.67. The van der Waals surface area contributed by atoms with Gasteiger partial charge in [0.1, 0.15) is 0 Å². The van der Waals surface area contributed by atoms with E-state index in [4.69, 9.17) is 0 Å². The maximum Gasteiger partial charge on any atom is 0.158 e. The van der Waals surface area contributed by atoms with E-state index >= 15 is 0 Å². The normalized spacial score (nSPS) is 11.2. The van der Waals surface area contributed by atoms with Crippen LogP contribution in [0.25, 0.3) is 0 Å². The molecule has 0 saturated heterocycles. The molecule has 0 rings (SSSR count). The van der Waals surface area contributed by atoms with Gasteiger partial charge in [0.15, 0.2) is 5.78 Å². The molecule has 0 aromatic carbocycles. The molecule has 0 saturated carbocycles. The largest absolute Gasteiger partial charge is 0.295 e. The van der Waals surface area contributed by atoms with Crippen molar-refractivity contribution in [2.45, 2.75) is 27.7 Å². The third kappa shape index (κ3) is 2.87. The lowest BCUT2D eigenvalue weighted by molar-refractivity contribution is -0.120. The minimum atomic E-state index is 0.146. The Morgan fingerprint density at radius 2 is 1.55 bits per heavy atom. The van der Waals surface area contributed by atoms with Crippen molar-refractivity contribution in [2.24, 2.45) is 17.8 Å². The summed E-state index contributed by atoms with van der Waals surface area (Å²) in [6, 6.07) is 0. The van der Waals surface area contributed by atoms with Crippen molar-refractivity contribution in [3.63, 3.8) is 0 Å². The summed E-state index contributed by atoms with van der Waals surface area (Å²) in [7, 11) is 0. The maximum atomic E-state index is 11.3. The second kappa shape index (κ2) is 4.32. The molecule has 11 heavy (non-hydrogen) atoms. The molecular formula is C10H18O. The first-order valence-electron chi connectivity index (χ1n) is 4.17. The van der Waals surface area contributed by atoms with Gasteiger partial charge in [-0.1, -0.05) is 34.3 Å². The molecule has 0 radical (unpaired) electrons. The fourth-order valence-electron chi connectivity index (χ4n) is 1.56. The summed E-state index contributed by atoms with van der Waals surface area (Å²) in [5, 5.41) is 0. The van der Waals surface area contributed by atoms with Crippen LogP contribution in [0.5, 0.6) is 0 Å². The zero-order chi connectivity index (χ0) is 9.02. The van der Waals surface area contributed by atoms with Crippen LogP contribution in [0.15, 0.2) is 12.7 Å². The van der Waals surface area contributed by atoms with Crippen molar-refractivity contribution in [3.05, 3.63) is 12.7 Å². The van der Waals surface area contributed by atoms with E-state index in [0.29, 0.717) is 11.8 Å². The summed E-state index contributed by atoms with van der Waals surface area (Å²) >= 11 is 0. The van der Waals surface area contributed by atoms with Crippen molar-refractivity contribution in [2.75, 3.05) is 0 Å². The lowest BCUT2D eigenvalue weighted by Crippen LogP contribution is -2.23. The van der Waals surface area contributed by atoms with E-state index in [1.54, 1.807) is 0 Å². The van der Waals surface area contributed by atoms with Gasteiger partial charge < -0.3 is 0 Å². The molecule has 0 fully saturated rings. The molecular weight excluding hydrogens is 136 g/mol. The Kier molecular flexibility index (Phi) is 4.09. The van der Waals surface area contributed by atoms with Gasteiger partial charge in [-0.25, -0.2) is 0 Å². The van der Waals surface area contributed by atoms with E-state index in [1.807, 2.05) is 0 Å². The molecule has 0 aliphatic rings. The first kappa shape index (κ1) is 10.4. The van der Waals surface area contributed by atoms with E-state index in [-0.39, 0.29) is 11.7 Å². The van der Waals surface area contributed by atoms with Crippen molar-refractivity contribution in [3.8, 4) is 0 Å². The summed E-state index contributed by atoms with van der Waals surface area (Å²) in [6.07, 6.45) is 1.44. The van der Waals surface area contributed by atoms with Crippen LogP contribution >= 0.6 is 0 Å². The average Bonchev–Trinajstić information content (AvgIpc) is 1.85.